The van der Waals surface area contributed by atoms with Crippen molar-refractivity contribution in [3.8, 4) is 0 Å². The standard InChI is InChI=1S/C11H13FO3/c1-14-6-7-15-8-11(13)9-2-4-10(12)5-3-9/h2-5H,6-8H2,1H3. The second kappa shape index (κ2) is 6.27. The lowest BCUT2D eigenvalue weighted by Crippen LogP contribution is -2.12. The topological polar surface area (TPSA) is 35.5 Å². The van der Waals surface area contributed by atoms with Crippen molar-refractivity contribution in [3.05, 3.63) is 35.6 Å². The highest BCUT2D eigenvalue weighted by Gasteiger charge is 2.05. The lowest BCUT2D eigenvalue weighted by Gasteiger charge is -2.02. The highest BCUT2D eigenvalue weighted by atomic mass is 19.1. The van der Waals surface area contributed by atoms with Crippen LogP contribution in [0.1, 0.15) is 10.4 Å². The van der Waals surface area contributed by atoms with Crippen LogP contribution in [0, 0.1) is 5.82 Å². The Kier molecular flexibility index (Phi) is 4.93. The van der Waals surface area contributed by atoms with Gasteiger partial charge in [0.05, 0.1) is 13.2 Å². The lowest BCUT2D eigenvalue weighted by molar-refractivity contribution is 0.0577. The van der Waals surface area contributed by atoms with Crippen molar-refractivity contribution in [1.82, 2.24) is 0 Å². The molecule has 0 saturated carbocycles. The molecule has 15 heavy (non-hydrogen) atoms. The first kappa shape index (κ1) is 11.8. The SMILES string of the molecule is COCCOCC(=O)c1ccc(F)cc1. The molecule has 0 heterocycles. The van der Waals surface area contributed by atoms with Gasteiger partial charge in [-0.05, 0) is 24.3 Å². The normalized spacial score (nSPS) is 10.3. The van der Waals surface area contributed by atoms with Crippen molar-refractivity contribution in [2.75, 3.05) is 26.9 Å². The van der Waals surface area contributed by atoms with Gasteiger partial charge in [-0.25, -0.2) is 4.39 Å². The molecule has 1 rings (SSSR count). The van der Waals surface area contributed by atoms with E-state index in [0.717, 1.165) is 0 Å². The molecule has 0 aromatic heterocycles. The van der Waals surface area contributed by atoms with Crippen LogP contribution < -0.4 is 0 Å². The summed E-state index contributed by atoms with van der Waals surface area (Å²) in [7, 11) is 1.56. The van der Waals surface area contributed by atoms with Crippen LogP contribution in [0.25, 0.3) is 0 Å². The van der Waals surface area contributed by atoms with E-state index in [0.29, 0.717) is 18.8 Å². The number of Topliss-reactive ketones (excluding diaryl/α,β-unsaturated/α-hetero) is 1. The third-order valence-electron chi connectivity index (χ3n) is 1.83. The minimum absolute atomic E-state index is 0.00497. The van der Waals surface area contributed by atoms with Crippen LogP contribution in [-0.4, -0.2) is 32.7 Å². The first-order valence-electron chi connectivity index (χ1n) is 4.59. The minimum Gasteiger partial charge on any atom is -0.382 e. The highest BCUT2D eigenvalue weighted by Crippen LogP contribution is 2.03. The summed E-state index contributed by atoms with van der Waals surface area (Å²) < 4.78 is 22.4. The molecule has 1 aromatic rings. The summed E-state index contributed by atoms with van der Waals surface area (Å²) in [6.45, 7) is 0.828. The fourth-order valence-corrected chi connectivity index (χ4v) is 1.03. The molecule has 0 N–H and O–H groups in total. The van der Waals surface area contributed by atoms with Crippen LogP contribution >= 0.6 is 0 Å². The molecule has 0 fully saturated rings. The van der Waals surface area contributed by atoms with Crippen molar-refractivity contribution in [3.63, 3.8) is 0 Å². The molecule has 0 radical (unpaired) electrons. The molecule has 0 amide bonds. The quantitative estimate of drug-likeness (QED) is 0.531. The Hall–Kier alpha value is -1.26. The Bertz CT molecular complexity index is 308. The molecule has 0 aliphatic heterocycles. The zero-order valence-electron chi connectivity index (χ0n) is 8.53. The summed E-state index contributed by atoms with van der Waals surface area (Å²) in [6.07, 6.45) is 0. The number of hydrogen-bond acceptors (Lipinski definition) is 3. The zero-order valence-corrected chi connectivity index (χ0v) is 8.53. The van der Waals surface area contributed by atoms with Gasteiger partial charge in [0.25, 0.3) is 0 Å². The Morgan fingerprint density at radius 2 is 1.93 bits per heavy atom. The minimum atomic E-state index is -0.355. The lowest BCUT2D eigenvalue weighted by atomic mass is 10.1. The van der Waals surface area contributed by atoms with E-state index in [1.807, 2.05) is 0 Å². The molecule has 4 heteroatoms. The molecule has 0 aliphatic carbocycles. The first-order chi connectivity index (χ1) is 7.24. The Morgan fingerprint density at radius 3 is 2.53 bits per heavy atom. The molecule has 1 aromatic carbocycles. The van der Waals surface area contributed by atoms with Crippen LogP contribution in [0.4, 0.5) is 4.39 Å². The fourth-order valence-electron chi connectivity index (χ4n) is 1.03. The van der Waals surface area contributed by atoms with E-state index < -0.39 is 0 Å². The smallest absolute Gasteiger partial charge is 0.188 e. The van der Waals surface area contributed by atoms with E-state index >= 15 is 0 Å². The number of benzene rings is 1. The van der Waals surface area contributed by atoms with Crippen LogP contribution in [0.3, 0.4) is 0 Å². The van der Waals surface area contributed by atoms with Gasteiger partial charge in [0.2, 0.25) is 0 Å². The van der Waals surface area contributed by atoms with Crippen molar-refractivity contribution in [2.24, 2.45) is 0 Å². The summed E-state index contributed by atoms with van der Waals surface area (Å²) >= 11 is 0. The van der Waals surface area contributed by atoms with E-state index in [9.17, 15) is 9.18 Å². The summed E-state index contributed by atoms with van der Waals surface area (Å²) in [5.74, 6) is -0.516. The summed E-state index contributed by atoms with van der Waals surface area (Å²) in [5, 5.41) is 0. The van der Waals surface area contributed by atoms with Gasteiger partial charge in [0, 0.05) is 12.7 Å². The number of methoxy groups -OCH3 is 1. The van der Waals surface area contributed by atoms with Gasteiger partial charge in [-0.2, -0.15) is 0 Å². The molecule has 3 nitrogen and oxygen atoms in total. The first-order valence-corrected chi connectivity index (χ1v) is 4.59. The fraction of sp³-hybridized carbons (Fsp3) is 0.364. The highest BCUT2D eigenvalue weighted by molar-refractivity contribution is 5.96. The predicted molar refractivity (Wildman–Crippen MR) is 53.4 cm³/mol. The average Bonchev–Trinajstić information content (AvgIpc) is 2.25. The van der Waals surface area contributed by atoms with Crippen molar-refractivity contribution < 1.29 is 18.7 Å². The molecular formula is C11H13FO3. The maximum absolute atomic E-state index is 12.5. The van der Waals surface area contributed by atoms with Crippen LogP contribution in [0.15, 0.2) is 24.3 Å². The van der Waals surface area contributed by atoms with Gasteiger partial charge in [-0.15, -0.1) is 0 Å². The number of carbonyl (C=O) groups is 1. The second-order valence-corrected chi connectivity index (χ2v) is 2.98. The molecule has 0 aliphatic rings. The van der Waals surface area contributed by atoms with Gasteiger partial charge >= 0.3 is 0 Å². The molecule has 0 spiro atoms. The van der Waals surface area contributed by atoms with E-state index in [-0.39, 0.29) is 18.2 Å². The van der Waals surface area contributed by atoms with Crippen LogP contribution in [-0.2, 0) is 9.47 Å². The third-order valence-corrected chi connectivity index (χ3v) is 1.83. The van der Waals surface area contributed by atoms with E-state index in [4.69, 9.17) is 9.47 Å². The summed E-state index contributed by atoms with van der Waals surface area (Å²) in [6, 6.07) is 5.39. The third kappa shape index (κ3) is 4.18. The maximum Gasteiger partial charge on any atom is 0.188 e. The Labute approximate surface area is 87.8 Å². The van der Waals surface area contributed by atoms with E-state index in [1.165, 1.54) is 24.3 Å². The van der Waals surface area contributed by atoms with E-state index in [2.05, 4.69) is 0 Å². The average molecular weight is 212 g/mol. The number of ketones is 1. The van der Waals surface area contributed by atoms with Crippen LogP contribution in [0.2, 0.25) is 0 Å². The second-order valence-electron chi connectivity index (χ2n) is 2.98. The number of rotatable bonds is 6. The van der Waals surface area contributed by atoms with Gasteiger partial charge in [-0.1, -0.05) is 0 Å². The van der Waals surface area contributed by atoms with Crippen molar-refractivity contribution in [1.29, 1.82) is 0 Å². The summed E-state index contributed by atoms with van der Waals surface area (Å²) in [5.41, 5.74) is 0.453. The zero-order chi connectivity index (χ0) is 11.1. The molecule has 0 atom stereocenters. The Balaban J connectivity index is 2.37. The van der Waals surface area contributed by atoms with Gasteiger partial charge in [-0.3, -0.25) is 4.79 Å². The maximum atomic E-state index is 12.5. The van der Waals surface area contributed by atoms with Crippen molar-refractivity contribution >= 4 is 5.78 Å². The Morgan fingerprint density at radius 1 is 1.27 bits per heavy atom. The molecule has 82 valence electrons. The number of hydrogen-bond donors (Lipinski definition) is 0. The molecule has 0 unspecified atom stereocenters. The molecule has 0 bridgehead atoms. The van der Waals surface area contributed by atoms with Gasteiger partial charge < -0.3 is 9.47 Å². The van der Waals surface area contributed by atoms with Crippen molar-refractivity contribution in [2.45, 2.75) is 0 Å². The molecular weight excluding hydrogens is 199 g/mol. The van der Waals surface area contributed by atoms with Gasteiger partial charge in [0.15, 0.2) is 5.78 Å². The monoisotopic (exact) mass is 212 g/mol. The number of carbonyl (C=O) groups excluding carboxylic acids is 1. The summed E-state index contributed by atoms with van der Waals surface area (Å²) in [4.78, 5) is 11.4. The largest absolute Gasteiger partial charge is 0.382 e. The van der Waals surface area contributed by atoms with Crippen LogP contribution in [0.5, 0.6) is 0 Å². The number of ether oxygens (including phenoxy) is 2. The number of halogens is 1. The molecule has 0 saturated heterocycles. The van der Waals surface area contributed by atoms with Gasteiger partial charge in [0.1, 0.15) is 12.4 Å². The predicted octanol–water partition coefficient (Wildman–Crippen LogP) is 1.67. The van der Waals surface area contributed by atoms with E-state index in [1.54, 1.807) is 7.11 Å².